The summed E-state index contributed by atoms with van der Waals surface area (Å²) in [6.45, 7) is 7.64. The van der Waals surface area contributed by atoms with Gasteiger partial charge in [-0.05, 0) is 12.8 Å². The highest BCUT2D eigenvalue weighted by molar-refractivity contribution is 7.15. The first-order valence-corrected chi connectivity index (χ1v) is 7.44. The summed E-state index contributed by atoms with van der Waals surface area (Å²) in [4.78, 5) is 19.5. The Labute approximate surface area is 118 Å². The second-order valence-corrected chi connectivity index (χ2v) is 6.08. The molecule has 1 aliphatic heterocycles. The Balaban J connectivity index is 1.91. The van der Waals surface area contributed by atoms with E-state index < -0.39 is 0 Å². The normalized spacial score (nSPS) is 23.5. The second-order valence-electron chi connectivity index (χ2n) is 4.96. The van der Waals surface area contributed by atoms with E-state index in [1.807, 2.05) is 6.20 Å². The van der Waals surface area contributed by atoms with Crippen LogP contribution in [0.4, 0.5) is 5.13 Å². The number of hydrogen-bond donors (Lipinski definition) is 1. The van der Waals surface area contributed by atoms with Crippen LogP contribution >= 0.6 is 11.3 Å². The zero-order valence-corrected chi connectivity index (χ0v) is 12.5. The van der Waals surface area contributed by atoms with Crippen molar-refractivity contribution in [3.63, 3.8) is 0 Å². The molecule has 2 rings (SSSR count). The van der Waals surface area contributed by atoms with Gasteiger partial charge in [-0.2, -0.15) is 0 Å². The lowest BCUT2D eigenvalue weighted by Gasteiger charge is -2.13. The second kappa shape index (κ2) is 6.34. The molecular formula is C13H21N3O2S. The summed E-state index contributed by atoms with van der Waals surface area (Å²) in [6, 6.07) is 0. The number of thiazole rings is 1. The van der Waals surface area contributed by atoms with Crippen LogP contribution in [-0.4, -0.2) is 42.6 Å². The number of ether oxygens (including phenoxy) is 1. The molecule has 1 N–H and O–H groups in total. The van der Waals surface area contributed by atoms with Gasteiger partial charge in [0.2, 0.25) is 0 Å². The smallest absolute Gasteiger partial charge is 0.310 e. The highest BCUT2D eigenvalue weighted by Gasteiger charge is 2.35. The lowest BCUT2D eigenvalue weighted by atomic mass is 9.99. The molecule has 0 aliphatic carbocycles. The van der Waals surface area contributed by atoms with Gasteiger partial charge in [-0.25, -0.2) is 4.98 Å². The largest absolute Gasteiger partial charge is 0.469 e. The highest BCUT2D eigenvalue weighted by atomic mass is 32.1. The van der Waals surface area contributed by atoms with Crippen LogP contribution in [0.25, 0.3) is 0 Å². The van der Waals surface area contributed by atoms with Crippen molar-refractivity contribution in [2.45, 2.75) is 20.4 Å². The standard InChI is InChI=1S/C13H21N3O2S/c1-4-14-13-15-5-10(19-13)7-16-6-9(2)11(8-16)12(17)18-3/h5,9,11H,4,6-8H2,1-3H3,(H,14,15). The number of nitrogens with zero attached hydrogens (tertiary/aromatic N) is 2. The first kappa shape index (κ1) is 14.3. The van der Waals surface area contributed by atoms with Crippen molar-refractivity contribution in [1.29, 1.82) is 0 Å². The molecule has 2 heterocycles. The topological polar surface area (TPSA) is 54.5 Å². The van der Waals surface area contributed by atoms with Crippen LogP contribution in [0.15, 0.2) is 6.20 Å². The zero-order valence-electron chi connectivity index (χ0n) is 11.7. The maximum Gasteiger partial charge on any atom is 0.310 e. The molecular weight excluding hydrogens is 262 g/mol. The molecule has 19 heavy (non-hydrogen) atoms. The summed E-state index contributed by atoms with van der Waals surface area (Å²) in [7, 11) is 1.46. The van der Waals surface area contributed by atoms with Gasteiger partial charge < -0.3 is 10.1 Å². The van der Waals surface area contributed by atoms with Crippen LogP contribution in [0.2, 0.25) is 0 Å². The molecule has 0 saturated carbocycles. The number of aromatic nitrogens is 1. The van der Waals surface area contributed by atoms with Crippen LogP contribution in [-0.2, 0) is 16.1 Å². The summed E-state index contributed by atoms with van der Waals surface area (Å²) in [6.07, 6.45) is 1.92. The van der Waals surface area contributed by atoms with Crippen molar-refractivity contribution in [3.05, 3.63) is 11.1 Å². The predicted molar refractivity (Wildman–Crippen MR) is 76.2 cm³/mol. The minimum Gasteiger partial charge on any atom is -0.469 e. The quantitative estimate of drug-likeness (QED) is 0.835. The van der Waals surface area contributed by atoms with Crippen LogP contribution in [0.3, 0.4) is 0 Å². The van der Waals surface area contributed by atoms with Crippen LogP contribution < -0.4 is 5.32 Å². The minimum atomic E-state index is -0.0901. The third-order valence-corrected chi connectivity index (χ3v) is 4.39. The van der Waals surface area contributed by atoms with E-state index in [1.165, 1.54) is 12.0 Å². The van der Waals surface area contributed by atoms with E-state index in [1.54, 1.807) is 11.3 Å². The first-order valence-electron chi connectivity index (χ1n) is 6.62. The number of hydrogen-bond acceptors (Lipinski definition) is 6. The molecule has 106 valence electrons. The monoisotopic (exact) mass is 283 g/mol. The van der Waals surface area contributed by atoms with Gasteiger partial charge in [0.05, 0.1) is 13.0 Å². The molecule has 2 atom stereocenters. The Morgan fingerprint density at radius 2 is 2.42 bits per heavy atom. The summed E-state index contributed by atoms with van der Waals surface area (Å²) < 4.78 is 4.85. The van der Waals surface area contributed by atoms with Crippen molar-refractivity contribution in [2.24, 2.45) is 11.8 Å². The molecule has 0 bridgehead atoms. The van der Waals surface area contributed by atoms with Crippen LogP contribution in [0.5, 0.6) is 0 Å². The Kier molecular flexibility index (Phi) is 4.76. The Hall–Kier alpha value is -1.14. The third-order valence-electron chi connectivity index (χ3n) is 3.45. The fraction of sp³-hybridized carbons (Fsp3) is 0.692. The maximum atomic E-state index is 11.6. The van der Waals surface area contributed by atoms with Gasteiger partial charge in [-0.15, -0.1) is 11.3 Å². The van der Waals surface area contributed by atoms with Crippen LogP contribution in [0.1, 0.15) is 18.7 Å². The van der Waals surface area contributed by atoms with Gasteiger partial charge in [0, 0.05) is 37.3 Å². The summed E-state index contributed by atoms with van der Waals surface area (Å²) >= 11 is 1.68. The summed E-state index contributed by atoms with van der Waals surface area (Å²) in [5, 5.41) is 4.18. The third kappa shape index (κ3) is 3.45. The van der Waals surface area contributed by atoms with E-state index >= 15 is 0 Å². The van der Waals surface area contributed by atoms with E-state index in [0.717, 1.165) is 31.3 Å². The molecule has 5 nitrogen and oxygen atoms in total. The predicted octanol–water partition coefficient (Wildman–Crippen LogP) is 1.82. The van der Waals surface area contributed by atoms with Gasteiger partial charge in [-0.3, -0.25) is 9.69 Å². The van der Waals surface area contributed by atoms with E-state index in [-0.39, 0.29) is 11.9 Å². The Bertz CT molecular complexity index is 435. The first-order chi connectivity index (χ1) is 9.13. The minimum absolute atomic E-state index is 0.00570. The molecule has 0 spiro atoms. The average molecular weight is 283 g/mol. The molecule has 6 heteroatoms. The Morgan fingerprint density at radius 3 is 3.11 bits per heavy atom. The molecule has 0 amide bonds. The maximum absolute atomic E-state index is 11.6. The zero-order chi connectivity index (χ0) is 13.8. The van der Waals surface area contributed by atoms with Crippen LogP contribution in [0, 0.1) is 11.8 Å². The number of likely N-dealkylation sites (tertiary alicyclic amines) is 1. The molecule has 2 unspecified atom stereocenters. The van der Waals surface area contributed by atoms with Gasteiger partial charge in [0.1, 0.15) is 0 Å². The summed E-state index contributed by atoms with van der Waals surface area (Å²) in [5.74, 6) is 0.271. The number of nitrogens with one attached hydrogen (secondary N) is 1. The average Bonchev–Trinajstić information content (AvgIpc) is 2.96. The Morgan fingerprint density at radius 1 is 1.63 bits per heavy atom. The van der Waals surface area contributed by atoms with E-state index in [0.29, 0.717) is 5.92 Å². The molecule has 1 aromatic rings. The highest BCUT2D eigenvalue weighted by Crippen LogP contribution is 2.27. The number of carbonyl (C=O) groups is 1. The SMILES string of the molecule is CCNc1ncc(CN2CC(C)C(C(=O)OC)C2)s1. The fourth-order valence-electron chi connectivity index (χ4n) is 2.49. The van der Waals surface area contributed by atoms with Gasteiger partial charge >= 0.3 is 5.97 Å². The number of rotatable bonds is 5. The van der Waals surface area contributed by atoms with Gasteiger partial charge in [0.25, 0.3) is 0 Å². The number of carbonyl (C=O) groups excluding carboxylic acids is 1. The van der Waals surface area contributed by atoms with Crippen molar-refractivity contribution >= 4 is 22.4 Å². The number of anilines is 1. The number of esters is 1. The van der Waals surface area contributed by atoms with E-state index in [2.05, 4.69) is 29.0 Å². The molecule has 1 saturated heterocycles. The van der Waals surface area contributed by atoms with Crippen molar-refractivity contribution in [1.82, 2.24) is 9.88 Å². The molecule has 1 aromatic heterocycles. The molecule has 0 aromatic carbocycles. The van der Waals surface area contributed by atoms with Gasteiger partial charge in [0.15, 0.2) is 5.13 Å². The molecule has 1 aliphatic rings. The molecule has 1 fully saturated rings. The van der Waals surface area contributed by atoms with Crippen molar-refractivity contribution < 1.29 is 9.53 Å². The lowest BCUT2D eigenvalue weighted by molar-refractivity contribution is -0.146. The van der Waals surface area contributed by atoms with E-state index in [4.69, 9.17) is 4.74 Å². The van der Waals surface area contributed by atoms with E-state index in [9.17, 15) is 4.79 Å². The summed E-state index contributed by atoms with van der Waals surface area (Å²) in [5.41, 5.74) is 0. The van der Waals surface area contributed by atoms with Gasteiger partial charge in [-0.1, -0.05) is 6.92 Å². The number of methoxy groups -OCH3 is 1. The lowest BCUT2D eigenvalue weighted by Crippen LogP contribution is -2.24. The molecule has 0 radical (unpaired) electrons. The van der Waals surface area contributed by atoms with Crippen molar-refractivity contribution in [3.8, 4) is 0 Å². The van der Waals surface area contributed by atoms with Crippen molar-refractivity contribution in [2.75, 3.05) is 32.1 Å². The fourth-order valence-corrected chi connectivity index (χ4v) is 3.41.